The van der Waals surface area contributed by atoms with Crippen LogP contribution in [-0.4, -0.2) is 24.9 Å². The van der Waals surface area contributed by atoms with E-state index in [1.807, 2.05) is 35.2 Å². The lowest BCUT2D eigenvalue weighted by atomic mass is 10.1. The summed E-state index contributed by atoms with van der Waals surface area (Å²) >= 11 is 0. The summed E-state index contributed by atoms with van der Waals surface area (Å²) in [5, 5.41) is 11.5. The molecule has 0 aliphatic carbocycles. The van der Waals surface area contributed by atoms with Crippen LogP contribution in [0, 0.1) is 23.2 Å². The second-order valence-electron chi connectivity index (χ2n) is 6.22. The van der Waals surface area contributed by atoms with E-state index in [4.69, 9.17) is 5.26 Å². The Morgan fingerprint density at radius 3 is 2.41 bits per heavy atom. The van der Waals surface area contributed by atoms with Gasteiger partial charge >= 0.3 is 0 Å². The number of amides is 2. The zero-order valence-electron chi connectivity index (χ0n) is 14.9. The van der Waals surface area contributed by atoms with Gasteiger partial charge in [0.05, 0.1) is 18.2 Å². The second-order valence-corrected chi connectivity index (χ2v) is 6.22. The molecule has 2 amide bonds. The smallest absolute Gasteiger partial charge is 0.252 e. The molecule has 134 valence electrons. The normalized spacial score (nSPS) is 13.3. The third-order valence-electron chi connectivity index (χ3n) is 4.35. The van der Waals surface area contributed by atoms with Gasteiger partial charge in [-0.2, -0.15) is 5.26 Å². The van der Waals surface area contributed by atoms with Crippen LogP contribution in [0.1, 0.15) is 40.7 Å². The predicted octanol–water partition coefficient (Wildman–Crippen LogP) is 2.86. The second kappa shape index (κ2) is 8.69. The molecule has 0 saturated carbocycles. The minimum atomic E-state index is -0.229. The SMILES string of the molecule is N#Cc1ccc(C(=O)NCC#Cc2ccc(N3CCCCC3=O)cc2)cc1. The molecule has 0 spiro atoms. The van der Waals surface area contributed by atoms with E-state index in [2.05, 4.69) is 17.2 Å². The molecule has 0 aromatic heterocycles. The lowest BCUT2D eigenvalue weighted by molar-refractivity contribution is -0.119. The molecule has 2 aromatic carbocycles. The molecule has 1 saturated heterocycles. The first-order valence-electron chi connectivity index (χ1n) is 8.85. The highest BCUT2D eigenvalue weighted by Crippen LogP contribution is 2.20. The van der Waals surface area contributed by atoms with E-state index in [1.54, 1.807) is 24.3 Å². The van der Waals surface area contributed by atoms with Crippen molar-refractivity contribution in [2.24, 2.45) is 0 Å². The average Bonchev–Trinajstić information content (AvgIpc) is 2.72. The maximum Gasteiger partial charge on any atom is 0.252 e. The van der Waals surface area contributed by atoms with E-state index >= 15 is 0 Å². The standard InChI is InChI=1S/C22H19N3O2/c23-16-18-6-10-19(11-7-18)22(27)24-14-3-4-17-8-12-20(13-9-17)25-15-2-1-5-21(25)26/h6-13H,1-2,5,14-15H2,(H,24,27). The maximum absolute atomic E-state index is 12.0. The van der Waals surface area contributed by atoms with Crippen LogP contribution >= 0.6 is 0 Å². The number of nitrogens with one attached hydrogen (secondary N) is 1. The van der Waals surface area contributed by atoms with Crippen molar-refractivity contribution in [3.8, 4) is 17.9 Å². The number of benzene rings is 2. The van der Waals surface area contributed by atoms with Crippen molar-refractivity contribution in [1.29, 1.82) is 5.26 Å². The van der Waals surface area contributed by atoms with Crippen LogP contribution < -0.4 is 10.2 Å². The molecule has 2 aromatic rings. The molecule has 0 atom stereocenters. The number of piperidine rings is 1. The van der Waals surface area contributed by atoms with E-state index in [9.17, 15) is 9.59 Å². The molecule has 0 unspecified atom stereocenters. The Bertz CT molecular complexity index is 929. The first-order valence-corrected chi connectivity index (χ1v) is 8.85. The number of hydrogen-bond donors (Lipinski definition) is 1. The monoisotopic (exact) mass is 357 g/mol. The fourth-order valence-electron chi connectivity index (χ4n) is 2.87. The Labute approximate surface area is 158 Å². The minimum Gasteiger partial charge on any atom is -0.341 e. The van der Waals surface area contributed by atoms with Crippen LogP contribution in [0.4, 0.5) is 5.69 Å². The molecule has 27 heavy (non-hydrogen) atoms. The topological polar surface area (TPSA) is 73.2 Å². The molecular weight excluding hydrogens is 338 g/mol. The van der Waals surface area contributed by atoms with Crippen LogP contribution in [0.2, 0.25) is 0 Å². The first-order chi connectivity index (χ1) is 13.2. The molecule has 1 N–H and O–H groups in total. The van der Waals surface area contributed by atoms with Crippen molar-refractivity contribution in [2.75, 3.05) is 18.0 Å². The average molecular weight is 357 g/mol. The highest BCUT2D eigenvalue weighted by Gasteiger charge is 2.19. The molecule has 3 rings (SSSR count). The van der Waals surface area contributed by atoms with Gasteiger partial charge in [-0.1, -0.05) is 11.8 Å². The fraction of sp³-hybridized carbons (Fsp3) is 0.227. The summed E-state index contributed by atoms with van der Waals surface area (Å²) in [5.41, 5.74) is 2.74. The zero-order chi connectivity index (χ0) is 19.1. The Balaban J connectivity index is 1.54. The molecule has 0 bridgehead atoms. The molecule has 0 radical (unpaired) electrons. The molecule has 1 aliphatic rings. The van der Waals surface area contributed by atoms with Crippen molar-refractivity contribution < 1.29 is 9.59 Å². The summed E-state index contributed by atoms with van der Waals surface area (Å²) in [7, 11) is 0. The molecule has 5 heteroatoms. The van der Waals surface area contributed by atoms with Crippen molar-refractivity contribution in [3.05, 3.63) is 65.2 Å². The maximum atomic E-state index is 12.0. The lowest BCUT2D eigenvalue weighted by Gasteiger charge is -2.26. The van der Waals surface area contributed by atoms with Gasteiger partial charge in [0.2, 0.25) is 5.91 Å². The Kier molecular flexibility index (Phi) is 5.87. The van der Waals surface area contributed by atoms with E-state index in [0.29, 0.717) is 17.5 Å². The highest BCUT2D eigenvalue weighted by molar-refractivity contribution is 5.94. The minimum absolute atomic E-state index is 0.172. The van der Waals surface area contributed by atoms with E-state index in [1.165, 1.54) is 0 Å². The Morgan fingerprint density at radius 2 is 1.74 bits per heavy atom. The molecule has 1 heterocycles. The van der Waals surface area contributed by atoms with Crippen LogP contribution in [-0.2, 0) is 4.79 Å². The van der Waals surface area contributed by atoms with Crippen LogP contribution in [0.5, 0.6) is 0 Å². The third kappa shape index (κ3) is 4.74. The molecule has 5 nitrogen and oxygen atoms in total. The largest absolute Gasteiger partial charge is 0.341 e. The number of nitriles is 1. The number of anilines is 1. The van der Waals surface area contributed by atoms with Gasteiger partial charge in [-0.25, -0.2) is 0 Å². The van der Waals surface area contributed by atoms with Crippen molar-refractivity contribution in [3.63, 3.8) is 0 Å². The van der Waals surface area contributed by atoms with Crippen LogP contribution in [0.15, 0.2) is 48.5 Å². The first kappa shape index (κ1) is 18.2. The van der Waals surface area contributed by atoms with Gasteiger partial charge in [0, 0.05) is 29.8 Å². The van der Waals surface area contributed by atoms with Gasteiger partial charge in [0.25, 0.3) is 5.91 Å². The van der Waals surface area contributed by atoms with E-state index in [-0.39, 0.29) is 18.4 Å². The number of carbonyl (C=O) groups is 2. The van der Waals surface area contributed by atoms with Crippen molar-refractivity contribution in [1.82, 2.24) is 5.32 Å². The van der Waals surface area contributed by atoms with Crippen LogP contribution in [0.25, 0.3) is 0 Å². The zero-order valence-corrected chi connectivity index (χ0v) is 14.9. The number of hydrogen-bond acceptors (Lipinski definition) is 3. The summed E-state index contributed by atoms with van der Waals surface area (Å²) in [6.45, 7) is 0.996. The predicted molar refractivity (Wildman–Crippen MR) is 103 cm³/mol. The quantitative estimate of drug-likeness (QED) is 0.859. The highest BCUT2D eigenvalue weighted by atomic mass is 16.2. The molecule has 1 aliphatic heterocycles. The van der Waals surface area contributed by atoms with Crippen molar-refractivity contribution in [2.45, 2.75) is 19.3 Å². The summed E-state index contributed by atoms with van der Waals surface area (Å²) in [5.74, 6) is 5.86. The third-order valence-corrected chi connectivity index (χ3v) is 4.35. The lowest BCUT2D eigenvalue weighted by Crippen LogP contribution is -2.35. The Hall–Kier alpha value is -3.57. The summed E-state index contributed by atoms with van der Waals surface area (Å²) in [4.78, 5) is 25.8. The molecular formula is C22H19N3O2. The summed E-state index contributed by atoms with van der Waals surface area (Å²) in [6, 6.07) is 16.0. The number of rotatable bonds is 3. The van der Waals surface area contributed by atoms with Gasteiger partial charge < -0.3 is 10.2 Å². The van der Waals surface area contributed by atoms with Crippen molar-refractivity contribution >= 4 is 17.5 Å². The Morgan fingerprint density at radius 1 is 1.04 bits per heavy atom. The van der Waals surface area contributed by atoms with Gasteiger partial charge in [-0.15, -0.1) is 0 Å². The number of carbonyl (C=O) groups excluding carboxylic acids is 2. The van der Waals surface area contributed by atoms with Gasteiger partial charge in [-0.05, 0) is 61.4 Å². The fourth-order valence-corrected chi connectivity index (χ4v) is 2.87. The number of nitrogens with zero attached hydrogens (tertiary/aromatic N) is 2. The molecule has 1 fully saturated rings. The summed E-state index contributed by atoms with van der Waals surface area (Å²) < 4.78 is 0. The van der Waals surface area contributed by atoms with E-state index in [0.717, 1.165) is 30.6 Å². The summed E-state index contributed by atoms with van der Waals surface area (Å²) in [6.07, 6.45) is 2.61. The van der Waals surface area contributed by atoms with Gasteiger partial charge in [0.1, 0.15) is 0 Å². The van der Waals surface area contributed by atoms with Crippen LogP contribution in [0.3, 0.4) is 0 Å². The van der Waals surface area contributed by atoms with E-state index < -0.39 is 0 Å². The van der Waals surface area contributed by atoms with Gasteiger partial charge in [-0.3, -0.25) is 9.59 Å². The van der Waals surface area contributed by atoms with Gasteiger partial charge in [0.15, 0.2) is 0 Å².